The molecule has 0 unspecified atom stereocenters. The molecule has 1 fully saturated rings. The molecule has 1 amide bonds. The van der Waals surface area contributed by atoms with Gasteiger partial charge in [0.2, 0.25) is 0 Å². The third kappa shape index (κ3) is 3.49. The Morgan fingerprint density at radius 3 is 2.47 bits per heavy atom. The number of amides is 1. The second kappa shape index (κ2) is 6.09. The summed E-state index contributed by atoms with van der Waals surface area (Å²) in [7, 11) is 0. The average Bonchev–Trinajstić information content (AvgIpc) is 2.37. The van der Waals surface area contributed by atoms with Crippen molar-refractivity contribution in [3.8, 4) is 0 Å². The monoisotopic (exact) mass is 261 g/mol. The first-order valence-electron chi connectivity index (χ1n) is 7.12. The smallest absolute Gasteiger partial charge is 0.411 e. The van der Waals surface area contributed by atoms with Crippen LogP contribution in [0.25, 0.3) is 0 Å². The topological polar surface area (TPSA) is 38.3 Å². The van der Waals surface area contributed by atoms with E-state index in [-0.39, 0.29) is 12.2 Å². The minimum absolute atomic E-state index is 0.0677. The summed E-state index contributed by atoms with van der Waals surface area (Å²) in [5, 5.41) is 2.89. The van der Waals surface area contributed by atoms with Crippen LogP contribution in [0.5, 0.6) is 0 Å². The van der Waals surface area contributed by atoms with Gasteiger partial charge in [-0.15, -0.1) is 0 Å². The van der Waals surface area contributed by atoms with Crippen LogP contribution < -0.4 is 5.32 Å². The highest BCUT2D eigenvalue weighted by Gasteiger charge is 2.25. The van der Waals surface area contributed by atoms with E-state index in [2.05, 4.69) is 12.2 Å². The van der Waals surface area contributed by atoms with Crippen molar-refractivity contribution >= 4 is 11.8 Å². The van der Waals surface area contributed by atoms with Crippen LogP contribution in [0.3, 0.4) is 0 Å². The van der Waals surface area contributed by atoms with Crippen LogP contribution >= 0.6 is 0 Å². The molecule has 0 spiro atoms. The molecule has 2 rings (SSSR count). The van der Waals surface area contributed by atoms with E-state index < -0.39 is 0 Å². The van der Waals surface area contributed by atoms with Gasteiger partial charge in [0.25, 0.3) is 0 Å². The number of rotatable bonds is 2. The van der Waals surface area contributed by atoms with Crippen LogP contribution in [-0.4, -0.2) is 12.2 Å². The van der Waals surface area contributed by atoms with Gasteiger partial charge >= 0.3 is 6.09 Å². The van der Waals surface area contributed by atoms with E-state index in [9.17, 15) is 4.79 Å². The Hall–Kier alpha value is -1.51. The lowest BCUT2D eigenvalue weighted by atomic mass is 9.88. The van der Waals surface area contributed by atoms with Crippen molar-refractivity contribution in [1.82, 2.24) is 0 Å². The number of hydrogen-bond acceptors (Lipinski definition) is 2. The zero-order chi connectivity index (χ0) is 13.8. The number of anilines is 1. The van der Waals surface area contributed by atoms with Crippen molar-refractivity contribution in [3.63, 3.8) is 0 Å². The molecule has 1 saturated carbocycles. The average molecular weight is 261 g/mol. The molecule has 3 nitrogen and oxygen atoms in total. The van der Waals surface area contributed by atoms with Crippen LogP contribution in [-0.2, 0) is 4.74 Å². The third-order valence-corrected chi connectivity index (χ3v) is 4.00. The third-order valence-electron chi connectivity index (χ3n) is 4.00. The van der Waals surface area contributed by atoms with Gasteiger partial charge in [-0.2, -0.15) is 0 Å². The van der Waals surface area contributed by atoms with Crippen molar-refractivity contribution in [2.45, 2.75) is 52.6 Å². The van der Waals surface area contributed by atoms with E-state index in [4.69, 9.17) is 4.74 Å². The normalized spacial score (nSPS) is 22.9. The summed E-state index contributed by atoms with van der Waals surface area (Å²) in [5.41, 5.74) is 3.00. The summed E-state index contributed by atoms with van der Waals surface area (Å²) in [6.45, 7) is 6.15. The predicted octanol–water partition coefficient (Wildman–Crippen LogP) is 4.43. The van der Waals surface area contributed by atoms with Crippen molar-refractivity contribution < 1.29 is 9.53 Å². The second-order valence-corrected chi connectivity index (χ2v) is 5.60. The van der Waals surface area contributed by atoms with Gasteiger partial charge in [-0.05, 0) is 50.2 Å². The second-order valence-electron chi connectivity index (χ2n) is 5.60. The molecule has 104 valence electrons. The minimum atomic E-state index is -0.323. The molecular formula is C16H23NO2. The maximum atomic E-state index is 12.0. The van der Waals surface area contributed by atoms with E-state index in [1.54, 1.807) is 0 Å². The molecule has 0 bridgehead atoms. The number of benzene rings is 1. The van der Waals surface area contributed by atoms with Crippen molar-refractivity contribution in [1.29, 1.82) is 0 Å². The van der Waals surface area contributed by atoms with E-state index >= 15 is 0 Å². The summed E-state index contributed by atoms with van der Waals surface area (Å²) in [6, 6.07) is 5.97. The fourth-order valence-electron chi connectivity index (χ4n) is 2.74. The molecule has 19 heavy (non-hydrogen) atoms. The first kappa shape index (κ1) is 13.9. The minimum Gasteiger partial charge on any atom is -0.446 e. The number of para-hydroxylation sites is 1. The molecule has 0 heterocycles. The number of nitrogens with one attached hydrogen (secondary N) is 1. The standard InChI is InChI=1S/C16H23NO2/c1-11-7-4-5-10-14(11)19-16(18)17-15-12(2)8-6-9-13(15)3/h6,8-9,11,14H,4-5,7,10H2,1-3H3,(H,17,18)/t11-,14+/m1/s1. The van der Waals surface area contributed by atoms with Gasteiger partial charge in [0.1, 0.15) is 6.10 Å². The lowest BCUT2D eigenvalue weighted by molar-refractivity contribution is 0.0524. The van der Waals surface area contributed by atoms with E-state index in [1.807, 2.05) is 32.0 Å². The van der Waals surface area contributed by atoms with Crippen LogP contribution in [0.1, 0.15) is 43.7 Å². The molecule has 3 heteroatoms. The van der Waals surface area contributed by atoms with Gasteiger partial charge in [0.05, 0.1) is 0 Å². The first-order valence-corrected chi connectivity index (χ1v) is 7.12. The van der Waals surface area contributed by atoms with Crippen LogP contribution in [0.4, 0.5) is 10.5 Å². The Labute approximate surface area is 115 Å². The quantitative estimate of drug-likeness (QED) is 0.855. The number of hydrogen-bond donors (Lipinski definition) is 1. The molecule has 0 saturated heterocycles. The molecular weight excluding hydrogens is 238 g/mol. The number of ether oxygens (including phenoxy) is 1. The molecule has 0 radical (unpaired) electrons. The van der Waals surface area contributed by atoms with Crippen LogP contribution in [0, 0.1) is 19.8 Å². The summed E-state index contributed by atoms with van der Waals surface area (Å²) in [6.07, 6.45) is 4.29. The number of aryl methyl sites for hydroxylation is 2. The molecule has 1 aromatic rings. The van der Waals surface area contributed by atoms with Crippen molar-refractivity contribution in [2.24, 2.45) is 5.92 Å². The Morgan fingerprint density at radius 1 is 1.21 bits per heavy atom. The van der Waals surface area contributed by atoms with Gasteiger partial charge in [-0.1, -0.05) is 31.5 Å². The summed E-state index contributed by atoms with van der Waals surface area (Å²) < 4.78 is 5.57. The Bertz CT molecular complexity index is 436. The highest BCUT2D eigenvalue weighted by molar-refractivity contribution is 5.86. The van der Waals surface area contributed by atoms with Gasteiger partial charge in [0.15, 0.2) is 0 Å². The molecule has 1 aliphatic carbocycles. The maximum Gasteiger partial charge on any atom is 0.411 e. The summed E-state index contributed by atoms with van der Waals surface area (Å²) in [5.74, 6) is 0.470. The Balaban J connectivity index is 1.97. The summed E-state index contributed by atoms with van der Waals surface area (Å²) in [4.78, 5) is 12.0. The van der Waals surface area contributed by atoms with Gasteiger partial charge < -0.3 is 4.74 Å². The summed E-state index contributed by atoms with van der Waals surface area (Å²) >= 11 is 0. The zero-order valence-electron chi connectivity index (χ0n) is 12.0. The molecule has 0 aliphatic heterocycles. The van der Waals surface area contributed by atoms with Gasteiger partial charge in [-0.3, -0.25) is 5.32 Å². The van der Waals surface area contributed by atoms with Crippen molar-refractivity contribution in [3.05, 3.63) is 29.3 Å². The molecule has 1 N–H and O–H groups in total. The molecule has 1 aliphatic rings. The Kier molecular flexibility index (Phi) is 4.46. The van der Waals surface area contributed by atoms with Gasteiger partial charge in [0, 0.05) is 5.69 Å². The highest BCUT2D eigenvalue weighted by atomic mass is 16.6. The maximum absolute atomic E-state index is 12.0. The Morgan fingerprint density at radius 2 is 1.84 bits per heavy atom. The fraction of sp³-hybridized carbons (Fsp3) is 0.562. The predicted molar refractivity (Wildman–Crippen MR) is 77.4 cm³/mol. The van der Waals surface area contributed by atoms with Crippen LogP contribution in [0.2, 0.25) is 0 Å². The molecule has 0 aromatic heterocycles. The zero-order valence-corrected chi connectivity index (χ0v) is 12.0. The fourth-order valence-corrected chi connectivity index (χ4v) is 2.74. The highest BCUT2D eigenvalue weighted by Crippen LogP contribution is 2.27. The lowest BCUT2D eigenvalue weighted by Crippen LogP contribution is -2.30. The van der Waals surface area contributed by atoms with Gasteiger partial charge in [-0.25, -0.2) is 4.79 Å². The molecule has 1 aromatic carbocycles. The van der Waals surface area contributed by atoms with E-state index in [0.717, 1.165) is 36.1 Å². The largest absolute Gasteiger partial charge is 0.446 e. The van der Waals surface area contributed by atoms with Crippen LogP contribution in [0.15, 0.2) is 18.2 Å². The first-order chi connectivity index (χ1) is 9.08. The lowest BCUT2D eigenvalue weighted by Gasteiger charge is -2.28. The van der Waals surface area contributed by atoms with Crippen molar-refractivity contribution in [2.75, 3.05) is 5.32 Å². The SMILES string of the molecule is Cc1cccc(C)c1NC(=O)O[C@H]1CCCC[C@H]1C. The van der Waals surface area contributed by atoms with E-state index in [0.29, 0.717) is 5.92 Å². The molecule has 2 atom stereocenters. The number of carbonyl (C=O) groups excluding carboxylic acids is 1. The van der Waals surface area contributed by atoms with E-state index in [1.165, 1.54) is 6.42 Å². The number of carbonyl (C=O) groups is 1.